The van der Waals surface area contributed by atoms with Gasteiger partial charge in [-0.3, -0.25) is 0 Å². The highest BCUT2D eigenvalue weighted by Crippen LogP contribution is 2.38. The van der Waals surface area contributed by atoms with E-state index < -0.39 is 5.60 Å². The zero-order valence-corrected chi connectivity index (χ0v) is 13.7. The van der Waals surface area contributed by atoms with Crippen LogP contribution >= 0.6 is 0 Å². The van der Waals surface area contributed by atoms with Gasteiger partial charge in [0.2, 0.25) is 0 Å². The Morgan fingerprint density at radius 1 is 1.22 bits per heavy atom. The van der Waals surface area contributed by atoms with E-state index in [1.165, 1.54) is 0 Å². The van der Waals surface area contributed by atoms with Gasteiger partial charge in [-0.2, -0.15) is 0 Å². The minimum Gasteiger partial charge on any atom is -0.497 e. The molecule has 0 aliphatic carbocycles. The molecule has 0 spiro atoms. The summed E-state index contributed by atoms with van der Waals surface area (Å²) < 4.78 is 11.2. The molecule has 2 aromatic carbocycles. The van der Waals surface area contributed by atoms with Crippen molar-refractivity contribution in [2.45, 2.75) is 32.0 Å². The summed E-state index contributed by atoms with van der Waals surface area (Å²) in [6.07, 6.45) is 6.53. The average molecular weight is 310 g/mol. The van der Waals surface area contributed by atoms with Gasteiger partial charge >= 0.3 is 0 Å². The molecule has 0 aliphatic rings. The second-order valence-electron chi connectivity index (χ2n) is 5.42. The lowest BCUT2D eigenvalue weighted by Gasteiger charge is -2.27. The van der Waals surface area contributed by atoms with Crippen molar-refractivity contribution in [3.63, 3.8) is 0 Å². The summed E-state index contributed by atoms with van der Waals surface area (Å²) in [4.78, 5) is 0. The molecule has 0 aliphatic heterocycles. The second kappa shape index (κ2) is 7.21. The van der Waals surface area contributed by atoms with Gasteiger partial charge in [0.15, 0.2) is 5.60 Å². The molecule has 3 nitrogen and oxygen atoms in total. The summed E-state index contributed by atoms with van der Waals surface area (Å²) >= 11 is 0. The van der Waals surface area contributed by atoms with Crippen LogP contribution in [0.2, 0.25) is 0 Å². The molecule has 1 N–H and O–H groups in total. The molecule has 0 radical (unpaired) electrons. The number of rotatable bonds is 6. The van der Waals surface area contributed by atoms with Crippen LogP contribution in [0.3, 0.4) is 0 Å². The van der Waals surface area contributed by atoms with Crippen LogP contribution in [-0.4, -0.2) is 18.3 Å². The van der Waals surface area contributed by atoms with E-state index >= 15 is 0 Å². The molecular formula is C20H22O3. The predicted octanol–water partition coefficient (Wildman–Crippen LogP) is 3.74. The molecule has 2 rings (SSSR count). The highest BCUT2D eigenvalue weighted by Gasteiger charge is 2.33. The van der Waals surface area contributed by atoms with Crippen molar-refractivity contribution in [3.05, 3.63) is 59.7 Å². The van der Waals surface area contributed by atoms with E-state index in [4.69, 9.17) is 15.9 Å². The minimum atomic E-state index is -1.56. The first-order valence-electron chi connectivity index (χ1n) is 7.66. The molecular weight excluding hydrogens is 288 g/mol. The molecule has 2 unspecified atom stereocenters. The largest absolute Gasteiger partial charge is 0.497 e. The zero-order chi connectivity index (χ0) is 16.9. The normalized spacial score (nSPS) is 14.4. The number of hydrogen-bond acceptors (Lipinski definition) is 3. The van der Waals surface area contributed by atoms with E-state index in [0.29, 0.717) is 22.6 Å². The highest BCUT2D eigenvalue weighted by atomic mass is 16.5. The molecule has 0 amide bonds. The van der Waals surface area contributed by atoms with Crippen molar-refractivity contribution in [3.8, 4) is 23.8 Å². The first-order valence-corrected chi connectivity index (χ1v) is 7.66. The third-order valence-corrected chi connectivity index (χ3v) is 3.88. The third-order valence-electron chi connectivity index (χ3n) is 3.88. The first kappa shape index (κ1) is 16.9. The fraction of sp³-hybridized carbons (Fsp3) is 0.300. The van der Waals surface area contributed by atoms with Gasteiger partial charge in [0.1, 0.15) is 11.5 Å². The van der Waals surface area contributed by atoms with Gasteiger partial charge in [-0.15, -0.1) is 6.42 Å². The molecule has 2 aromatic rings. The molecule has 0 aromatic heterocycles. The maximum Gasteiger partial charge on any atom is 0.180 e. The van der Waals surface area contributed by atoms with Crippen LogP contribution in [0.5, 0.6) is 11.5 Å². The van der Waals surface area contributed by atoms with Crippen molar-refractivity contribution in [1.82, 2.24) is 0 Å². The maximum atomic E-state index is 11.1. The third kappa shape index (κ3) is 3.49. The number of benzene rings is 2. The summed E-state index contributed by atoms with van der Waals surface area (Å²) in [5.74, 6) is 3.70. The quantitative estimate of drug-likeness (QED) is 0.826. The van der Waals surface area contributed by atoms with E-state index in [1.807, 2.05) is 32.0 Å². The topological polar surface area (TPSA) is 38.7 Å². The molecule has 0 saturated carbocycles. The number of ether oxygens (including phenoxy) is 2. The van der Waals surface area contributed by atoms with Crippen LogP contribution in [0.1, 0.15) is 31.4 Å². The monoisotopic (exact) mass is 310 g/mol. The van der Waals surface area contributed by atoms with Crippen LogP contribution < -0.4 is 9.47 Å². The van der Waals surface area contributed by atoms with Crippen molar-refractivity contribution in [2.24, 2.45) is 0 Å². The predicted molar refractivity (Wildman–Crippen MR) is 91.6 cm³/mol. The Morgan fingerprint density at radius 3 is 2.48 bits per heavy atom. The molecule has 0 saturated heterocycles. The fourth-order valence-electron chi connectivity index (χ4n) is 2.32. The lowest BCUT2D eigenvalue weighted by atomic mass is 9.86. The SMILES string of the molecule is C#CC(O)(c1ccccc1)c1ccc(OC)cc1OC(C)CC. The summed E-state index contributed by atoms with van der Waals surface area (Å²) in [5.41, 5.74) is -0.398. The lowest BCUT2D eigenvalue weighted by molar-refractivity contribution is 0.134. The van der Waals surface area contributed by atoms with E-state index in [-0.39, 0.29) is 6.10 Å². The fourth-order valence-corrected chi connectivity index (χ4v) is 2.32. The number of terminal acetylenes is 1. The molecule has 0 heterocycles. The van der Waals surface area contributed by atoms with Gasteiger partial charge in [-0.1, -0.05) is 43.2 Å². The van der Waals surface area contributed by atoms with Crippen LogP contribution in [0.4, 0.5) is 0 Å². The van der Waals surface area contributed by atoms with Crippen LogP contribution in [0.15, 0.2) is 48.5 Å². The Bertz CT molecular complexity index is 688. The molecule has 23 heavy (non-hydrogen) atoms. The van der Waals surface area contributed by atoms with Gasteiger partial charge < -0.3 is 14.6 Å². The van der Waals surface area contributed by atoms with Crippen LogP contribution in [0.25, 0.3) is 0 Å². The Morgan fingerprint density at radius 2 is 1.91 bits per heavy atom. The summed E-state index contributed by atoms with van der Waals surface area (Å²) in [7, 11) is 1.59. The average Bonchev–Trinajstić information content (AvgIpc) is 2.61. The van der Waals surface area contributed by atoms with Gasteiger partial charge in [0, 0.05) is 17.2 Å². The number of aliphatic hydroxyl groups is 1. The Balaban J connectivity index is 2.58. The minimum absolute atomic E-state index is 0.00125. The van der Waals surface area contributed by atoms with Crippen molar-refractivity contribution < 1.29 is 14.6 Å². The Labute approximate surface area is 137 Å². The Hall–Kier alpha value is -2.44. The summed E-state index contributed by atoms with van der Waals surface area (Å²) in [5, 5.41) is 11.1. The van der Waals surface area contributed by atoms with Crippen LogP contribution in [-0.2, 0) is 5.60 Å². The van der Waals surface area contributed by atoms with E-state index in [1.54, 1.807) is 37.4 Å². The van der Waals surface area contributed by atoms with Crippen LogP contribution in [0, 0.1) is 12.3 Å². The first-order chi connectivity index (χ1) is 11.0. The van der Waals surface area contributed by atoms with Gasteiger partial charge in [0.05, 0.1) is 13.2 Å². The summed E-state index contributed by atoms with van der Waals surface area (Å²) in [6, 6.07) is 14.5. The van der Waals surface area contributed by atoms with Gasteiger partial charge in [-0.05, 0) is 25.5 Å². The van der Waals surface area contributed by atoms with Crippen molar-refractivity contribution >= 4 is 0 Å². The van der Waals surface area contributed by atoms with E-state index in [9.17, 15) is 5.11 Å². The van der Waals surface area contributed by atoms with E-state index in [2.05, 4.69) is 5.92 Å². The smallest absolute Gasteiger partial charge is 0.180 e. The maximum absolute atomic E-state index is 11.1. The standard InChI is InChI=1S/C20H22O3/c1-5-15(3)23-19-14-17(22-4)12-13-18(19)20(21,6-2)16-10-8-7-9-11-16/h2,7-15,21H,5H2,1,3-4H3. The van der Waals surface area contributed by atoms with Gasteiger partial charge in [0.25, 0.3) is 0 Å². The second-order valence-corrected chi connectivity index (χ2v) is 5.42. The Kier molecular flexibility index (Phi) is 5.31. The zero-order valence-electron chi connectivity index (χ0n) is 13.7. The van der Waals surface area contributed by atoms with Gasteiger partial charge in [-0.25, -0.2) is 0 Å². The number of hydrogen-bond donors (Lipinski definition) is 1. The molecule has 2 atom stereocenters. The molecule has 120 valence electrons. The van der Waals surface area contributed by atoms with Crippen molar-refractivity contribution in [2.75, 3.05) is 7.11 Å². The van der Waals surface area contributed by atoms with E-state index in [0.717, 1.165) is 6.42 Å². The lowest BCUT2D eigenvalue weighted by Crippen LogP contribution is -2.26. The molecule has 0 fully saturated rings. The number of methoxy groups -OCH3 is 1. The molecule has 0 bridgehead atoms. The summed E-state index contributed by atoms with van der Waals surface area (Å²) in [6.45, 7) is 4.01. The molecule has 3 heteroatoms. The highest BCUT2D eigenvalue weighted by molar-refractivity contribution is 5.52. The van der Waals surface area contributed by atoms with Crippen molar-refractivity contribution in [1.29, 1.82) is 0 Å².